The smallest absolute Gasteiger partial charge is 0.191 e. The quantitative estimate of drug-likeness (QED) is 0.724. The van der Waals surface area contributed by atoms with Gasteiger partial charge in [-0.05, 0) is 37.0 Å². The van der Waals surface area contributed by atoms with E-state index in [0.29, 0.717) is 16.7 Å². The van der Waals surface area contributed by atoms with E-state index in [0.717, 1.165) is 29.5 Å². The van der Waals surface area contributed by atoms with Gasteiger partial charge >= 0.3 is 0 Å². The number of rotatable bonds is 6. The summed E-state index contributed by atoms with van der Waals surface area (Å²) in [5.74, 6) is 2.07. The summed E-state index contributed by atoms with van der Waals surface area (Å²) in [7, 11) is 0. The van der Waals surface area contributed by atoms with Gasteiger partial charge in [0.25, 0.3) is 0 Å². The standard InChI is InChI=1S/C15H17ClFN3S/c1-2-7-20-14(10-3-4-10)18-19-15(20)21-9-11-5-6-12(17)8-13(11)16/h5-6,8,10H,2-4,7,9H2,1H3. The highest BCUT2D eigenvalue weighted by atomic mass is 35.5. The lowest BCUT2D eigenvalue weighted by Crippen LogP contribution is -2.04. The van der Waals surface area contributed by atoms with E-state index >= 15 is 0 Å². The van der Waals surface area contributed by atoms with Gasteiger partial charge in [-0.1, -0.05) is 36.4 Å². The van der Waals surface area contributed by atoms with Crippen LogP contribution in [0.3, 0.4) is 0 Å². The summed E-state index contributed by atoms with van der Waals surface area (Å²) in [6.07, 6.45) is 3.50. The monoisotopic (exact) mass is 325 g/mol. The lowest BCUT2D eigenvalue weighted by Gasteiger charge is -2.08. The second kappa shape index (κ2) is 6.36. The first-order valence-corrected chi connectivity index (χ1v) is 8.55. The van der Waals surface area contributed by atoms with Crippen LogP contribution in [0, 0.1) is 5.82 Å². The maximum Gasteiger partial charge on any atom is 0.191 e. The number of aromatic nitrogens is 3. The molecule has 0 aliphatic heterocycles. The largest absolute Gasteiger partial charge is 0.306 e. The SMILES string of the molecule is CCCn1c(SCc2ccc(F)cc2Cl)nnc1C1CC1. The molecule has 0 unspecified atom stereocenters. The van der Waals surface area contributed by atoms with Crippen LogP contribution in [0.15, 0.2) is 23.4 Å². The van der Waals surface area contributed by atoms with Crippen molar-refractivity contribution >= 4 is 23.4 Å². The van der Waals surface area contributed by atoms with Gasteiger partial charge in [0.1, 0.15) is 11.6 Å². The molecule has 3 rings (SSSR count). The van der Waals surface area contributed by atoms with E-state index in [1.54, 1.807) is 17.8 Å². The molecular formula is C15H17ClFN3S. The van der Waals surface area contributed by atoms with Crippen molar-refractivity contribution in [2.45, 2.75) is 49.6 Å². The molecule has 1 heterocycles. The molecule has 1 aliphatic carbocycles. The van der Waals surface area contributed by atoms with Crippen molar-refractivity contribution in [3.63, 3.8) is 0 Å². The van der Waals surface area contributed by atoms with E-state index in [-0.39, 0.29) is 5.82 Å². The van der Waals surface area contributed by atoms with E-state index < -0.39 is 0 Å². The zero-order valence-corrected chi connectivity index (χ0v) is 13.4. The molecule has 21 heavy (non-hydrogen) atoms. The number of hydrogen-bond acceptors (Lipinski definition) is 3. The van der Waals surface area contributed by atoms with Gasteiger partial charge in [-0.3, -0.25) is 0 Å². The molecular weight excluding hydrogens is 309 g/mol. The molecule has 2 aromatic rings. The minimum Gasteiger partial charge on any atom is -0.306 e. The van der Waals surface area contributed by atoms with Crippen molar-refractivity contribution in [3.05, 3.63) is 40.4 Å². The predicted molar refractivity (Wildman–Crippen MR) is 83.3 cm³/mol. The molecule has 0 saturated heterocycles. The Kier molecular flexibility index (Phi) is 4.50. The average molecular weight is 326 g/mol. The second-order valence-corrected chi connectivity index (χ2v) is 6.64. The molecule has 1 fully saturated rings. The summed E-state index contributed by atoms with van der Waals surface area (Å²) < 4.78 is 15.3. The van der Waals surface area contributed by atoms with Crippen LogP contribution in [-0.4, -0.2) is 14.8 Å². The van der Waals surface area contributed by atoms with Crippen LogP contribution in [0.5, 0.6) is 0 Å². The maximum atomic E-state index is 13.1. The molecule has 0 spiro atoms. The Bertz CT molecular complexity index is 640. The molecule has 112 valence electrons. The first kappa shape index (κ1) is 14.9. The lowest BCUT2D eigenvalue weighted by molar-refractivity contribution is 0.592. The molecule has 1 aromatic heterocycles. The summed E-state index contributed by atoms with van der Waals surface area (Å²) in [6.45, 7) is 3.10. The molecule has 0 bridgehead atoms. The number of nitrogens with zero attached hydrogens (tertiary/aromatic N) is 3. The summed E-state index contributed by atoms with van der Waals surface area (Å²) >= 11 is 7.67. The zero-order chi connectivity index (χ0) is 14.8. The fourth-order valence-corrected chi connectivity index (χ4v) is 3.55. The van der Waals surface area contributed by atoms with Crippen LogP contribution in [0.2, 0.25) is 5.02 Å². The second-order valence-electron chi connectivity index (χ2n) is 5.29. The van der Waals surface area contributed by atoms with E-state index in [1.165, 1.54) is 25.0 Å². The highest BCUT2D eigenvalue weighted by Crippen LogP contribution is 2.40. The van der Waals surface area contributed by atoms with E-state index in [2.05, 4.69) is 21.7 Å². The van der Waals surface area contributed by atoms with Crippen molar-refractivity contribution < 1.29 is 4.39 Å². The molecule has 0 radical (unpaired) electrons. The average Bonchev–Trinajstić information content (AvgIpc) is 3.22. The highest BCUT2D eigenvalue weighted by Gasteiger charge is 2.30. The summed E-state index contributed by atoms with van der Waals surface area (Å²) in [6, 6.07) is 4.52. The van der Waals surface area contributed by atoms with E-state index in [1.807, 2.05) is 0 Å². The number of benzene rings is 1. The number of thioether (sulfide) groups is 1. The third kappa shape index (κ3) is 3.40. The van der Waals surface area contributed by atoms with Crippen molar-refractivity contribution in [3.8, 4) is 0 Å². The Morgan fingerprint density at radius 2 is 2.19 bits per heavy atom. The molecule has 1 aromatic carbocycles. The van der Waals surface area contributed by atoms with Gasteiger partial charge in [0.15, 0.2) is 5.16 Å². The Hall–Kier alpha value is -1.07. The Morgan fingerprint density at radius 1 is 1.38 bits per heavy atom. The highest BCUT2D eigenvalue weighted by molar-refractivity contribution is 7.98. The fourth-order valence-electron chi connectivity index (χ4n) is 2.27. The van der Waals surface area contributed by atoms with E-state index in [4.69, 9.17) is 11.6 Å². The third-order valence-corrected chi connectivity index (χ3v) is 4.87. The minimum absolute atomic E-state index is 0.307. The van der Waals surface area contributed by atoms with Crippen LogP contribution < -0.4 is 0 Å². The summed E-state index contributed by atoms with van der Waals surface area (Å²) in [4.78, 5) is 0. The fraction of sp³-hybridized carbons (Fsp3) is 0.467. The summed E-state index contributed by atoms with van der Waals surface area (Å²) in [5, 5.41) is 10.1. The molecule has 1 saturated carbocycles. The number of hydrogen-bond donors (Lipinski definition) is 0. The maximum absolute atomic E-state index is 13.1. The first-order chi connectivity index (χ1) is 10.2. The van der Waals surface area contributed by atoms with E-state index in [9.17, 15) is 4.39 Å². The van der Waals surface area contributed by atoms with Crippen LogP contribution in [0.25, 0.3) is 0 Å². The van der Waals surface area contributed by atoms with Gasteiger partial charge < -0.3 is 4.57 Å². The van der Waals surface area contributed by atoms with Crippen LogP contribution in [-0.2, 0) is 12.3 Å². The Labute approximate surface area is 132 Å². The summed E-state index contributed by atoms with van der Waals surface area (Å²) in [5.41, 5.74) is 0.919. The normalized spacial score (nSPS) is 14.6. The third-order valence-electron chi connectivity index (χ3n) is 3.51. The van der Waals surface area contributed by atoms with Gasteiger partial charge in [0.05, 0.1) is 0 Å². The molecule has 0 atom stereocenters. The van der Waals surface area contributed by atoms with Gasteiger partial charge in [0, 0.05) is 23.2 Å². The molecule has 0 N–H and O–H groups in total. The van der Waals surface area contributed by atoms with Crippen LogP contribution >= 0.6 is 23.4 Å². The van der Waals surface area contributed by atoms with Crippen LogP contribution in [0.4, 0.5) is 4.39 Å². The van der Waals surface area contributed by atoms with Crippen molar-refractivity contribution in [1.29, 1.82) is 0 Å². The minimum atomic E-state index is -0.307. The molecule has 3 nitrogen and oxygen atoms in total. The molecule has 6 heteroatoms. The lowest BCUT2D eigenvalue weighted by atomic mass is 10.2. The van der Waals surface area contributed by atoms with Gasteiger partial charge in [-0.25, -0.2) is 4.39 Å². The molecule has 1 aliphatic rings. The van der Waals surface area contributed by atoms with Gasteiger partial charge in [-0.15, -0.1) is 10.2 Å². The first-order valence-electron chi connectivity index (χ1n) is 7.19. The topological polar surface area (TPSA) is 30.7 Å². The molecule has 0 amide bonds. The van der Waals surface area contributed by atoms with Crippen molar-refractivity contribution in [1.82, 2.24) is 14.8 Å². The van der Waals surface area contributed by atoms with Crippen molar-refractivity contribution in [2.75, 3.05) is 0 Å². The Morgan fingerprint density at radius 3 is 2.86 bits per heavy atom. The van der Waals surface area contributed by atoms with Crippen LogP contribution in [0.1, 0.15) is 43.5 Å². The number of halogens is 2. The Balaban J connectivity index is 1.75. The zero-order valence-electron chi connectivity index (χ0n) is 11.9. The van der Waals surface area contributed by atoms with Crippen molar-refractivity contribution in [2.24, 2.45) is 0 Å². The van der Waals surface area contributed by atoms with Gasteiger partial charge in [0.2, 0.25) is 0 Å². The predicted octanol–water partition coefficient (Wildman–Crippen LogP) is 4.65. The van der Waals surface area contributed by atoms with Gasteiger partial charge in [-0.2, -0.15) is 0 Å².